The molecule has 6 rings (SSSR count). The summed E-state index contributed by atoms with van der Waals surface area (Å²) in [6.45, 7) is 6.22. The second-order valence-corrected chi connectivity index (χ2v) is 11.8. The second-order valence-electron chi connectivity index (χ2n) is 11.8. The van der Waals surface area contributed by atoms with Crippen molar-refractivity contribution in [2.24, 2.45) is 5.41 Å². The first-order valence-corrected chi connectivity index (χ1v) is 14.4. The Morgan fingerprint density at radius 2 is 1.50 bits per heavy atom. The van der Waals surface area contributed by atoms with Crippen LogP contribution >= 0.6 is 0 Å². The van der Waals surface area contributed by atoms with Crippen molar-refractivity contribution in [3.8, 4) is 0 Å². The molecule has 1 aromatic carbocycles. The first-order valence-electron chi connectivity index (χ1n) is 14.4. The molecule has 8 nitrogen and oxygen atoms in total. The van der Waals surface area contributed by atoms with E-state index in [9.17, 15) is 4.79 Å². The van der Waals surface area contributed by atoms with Gasteiger partial charge in [-0.25, -0.2) is 9.97 Å². The monoisotopic (exact) mass is 515 g/mol. The molecule has 1 spiro atoms. The van der Waals surface area contributed by atoms with Gasteiger partial charge in [0.05, 0.1) is 13.1 Å². The van der Waals surface area contributed by atoms with Gasteiger partial charge in [0, 0.05) is 56.9 Å². The quantitative estimate of drug-likeness (QED) is 0.439. The van der Waals surface area contributed by atoms with Crippen molar-refractivity contribution >= 4 is 5.91 Å². The number of aromatic amines is 2. The van der Waals surface area contributed by atoms with E-state index in [1.165, 1.54) is 69.2 Å². The molecule has 0 bridgehead atoms. The van der Waals surface area contributed by atoms with Crippen molar-refractivity contribution in [1.29, 1.82) is 0 Å². The van der Waals surface area contributed by atoms with Crippen LogP contribution in [0.4, 0.5) is 0 Å². The minimum Gasteiger partial charge on any atom is -0.348 e. The van der Waals surface area contributed by atoms with Gasteiger partial charge in [0.25, 0.3) is 0 Å². The molecular weight excluding hydrogens is 474 g/mol. The number of imidazole rings is 2. The second kappa shape index (κ2) is 11.4. The average Bonchev–Trinajstić information content (AvgIpc) is 3.70. The highest BCUT2D eigenvalue weighted by atomic mass is 16.2. The highest BCUT2D eigenvalue weighted by Crippen LogP contribution is 2.42. The third kappa shape index (κ3) is 6.02. The number of amides is 1. The highest BCUT2D eigenvalue weighted by Gasteiger charge is 2.45. The Kier molecular flexibility index (Phi) is 7.60. The molecule has 3 aromatic rings. The lowest BCUT2D eigenvalue weighted by Crippen LogP contribution is -2.46. The van der Waals surface area contributed by atoms with E-state index in [1.54, 1.807) is 12.4 Å². The molecule has 2 N–H and O–H groups in total. The molecule has 0 atom stereocenters. The molecule has 8 heteroatoms. The SMILES string of the molecule is O=C1CC2(CCN(C3CCCCC3)CC2)CN1Cc1ccc(CN(Cc2ncc[nH]2)Cc2ncc[nH]2)cc1. The van der Waals surface area contributed by atoms with Crippen LogP contribution in [0, 0.1) is 5.41 Å². The number of carbonyl (C=O) groups excluding carboxylic acids is 1. The topological polar surface area (TPSA) is 84.2 Å². The lowest BCUT2D eigenvalue weighted by Gasteiger charge is -2.43. The van der Waals surface area contributed by atoms with E-state index in [0.29, 0.717) is 5.91 Å². The molecule has 202 valence electrons. The first-order chi connectivity index (χ1) is 18.6. The predicted octanol–water partition coefficient (Wildman–Crippen LogP) is 4.48. The van der Waals surface area contributed by atoms with Gasteiger partial charge in [-0.3, -0.25) is 9.69 Å². The summed E-state index contributed by atoms with van der Waals surface area (Å²) in [4.78, 5) is 35.4. The number of carbonyl (C=O) groups is 1. The van der Waals surface area contributed by atoms with E-state index in [2.05, 4.69) is 58.9 Å². The largest absolute Gasteiger partial charge is 0.348 e. The Morgan fingerprint density at radius 3 is 2.11 bits per heavy atom. The summed E-state index contributed by atoms with van der Waals surface area (Å²) in [7, 11) is 0. The van der Waals surface area contributed by atoms with Crippen LogP contribution in [0.3, 0.4) is 0 Å². The first kappa shape index (κ1) is 25.3. The van der Waals surface area contributed by atoms with E-state index < -0.39 is 0 Å². The van der Waals surface area contributed by atoms with Gasteiger partial charge in [-0.2, -0.15) is 0 Å². The zero-order valence-corrected chi connectivity index (χ0v) is 22.4. The number of nitrogens with zero attached hydrogens (tertiary/aromatic N) is 5. The molecule has 0 unspecified atom stereocenters. The zero-order chi connectivity index (χ0) is 25.8. The summed E-state index contributed by atoms with van der Waals surface area (Å²) in [6.07, 6.45) is 17.3. The number of benzene rings is 1. The number of hydrogen-bond acceptors (Lipinski definition) is 5. The van der Waals surface area contributed by atoms with Gasteiger partial charge in [-0.05, 0) is 55.3 Å². The summed E-state index contributed by atoms with van der Waals surface area (Å²) < 4.78 is 0. The van der Waals surface area contributed by atoms with Gasteiger partial charge in [0.2, 0.25) is 5.91 Å². The van der Waals surface area contributed by atoms with E-state index in [-0.39, 0.29) is 5.41 Å². The maximum atomic E-state index is 13.0. The number of aromatic nitrogens is 4. The maximum Gasteiger partial charge on any atom is 0.223 e. The standard InChI is InChI=1S/C30H41N7O/c38-29-18-30(10-16-36(17-11-30)26-4-2-1-3-5-26)23-37(29)20-25-8-6-24(7-9-25)19-35(21-27-31-12-13-32-27)22-28-33-14-15-34-28/h6-9,12-15,26H,1-5,10-11,16-23H2,(H,31,32)(H,33,34). The minimum atomic E-state index is 0.195. The van der Waals surface area contributed by atoms with Crippen molar-refractivity contribution in [3.05, 3.63) is 71.8 Å². The third-order valence-electron chi connectivity index (χ3n) is 9.01. The summed E-state index contributed by atoms with van der Waals surface area (Å²) in [5.41, 5.74) is 2.65. The summed E-state index contributed by atoms with van der Waals surface area (Å²) in [5, 5.41) is 0. The van der Waals surface area contributed by atoms with Crippen molar-refractivity contribution in [2.45, 2.75) is 83.6 Å². The summed E-state index contributed by atoms with van der Waals surface area (Å²) in [6, 6.07) is 9.58. The van der Waals surface area contributed by atoms with Gasteiger partial charge >= 0.3 is 0 Å². The minimum absolute atomic E-state index is 0.195. The smallest absolute Gasteiger partial charge is 0.223 e. The number of piperidine rings is 1. The molecule has 0 radical (unpaired) electrons. The van der Waals surface area contributed by atoms with Crippen LogP contribution in [0.1, 0.15) is 74.1 Å². The number of nitrogens with one attached hydrogen (secondary N) is 2. The summed E-state index contributed by atoms with van der Waals surface area (Å²) in [5.74, 6) is 2.22. The van der Waals surface area contributed by atoms with Crippen LogP contribution in [0.5, 0.6) is 0 Å². The van der Waals surface area contributed by atoms with Gasteiger partial charge < -0.3 is 19.8 Å². The van der Waals surface area contributed by atoms with E-state index in [1.807, 2.05) is 12.4 Å². The Balaban J connectivity index is 1.03. The van der Waals surface area contributed by atoms with Crippen LogP contribution in [0.25, 0.3) is 0 Å². The molecule has 3 fully saturated rings. The molecule has 1 saturated carbocycles. The van der Waals surface area contributed by atoms with E-state index in [0.717, 1.165) is 56.8 Å². The highest BCUT2D eigenvalue weighted by molar-refractivity contribution is 5.79. The van der Waals surface area contributed by atoms with Crippen LogP contribution in [0.15, 0.2) is 49.1 Å². The third-order valence-corrected chi connectivity index (χ3v) is 9.01. The van der Waals surface area contributed by atoms with Crippen LogP contribution < -0.4 is 0 Å². The molecule has 2 aromatic heterocycles. The Hall–Kier alpha value is -2.97. The van der Waals surface area contributed by atoms with Crippen molar-refractivity contribution < 1.29 is 4.79 Å². The Bertz CT molecular complexity index is 1110. The molecule has 2 aliphatic heterocycles. The molecule has 38 heavy (non-hydrogen) atoms. The fourth-order valence-corrected chi connectivity index (χ4v) is 6.86. The van der Waals surface area contributed by atoms with Gasteiger partial charge in [0.15, 0.2) is 0 Å². The van der Waals surface area contributed by atoms with Crippen molar-refractivity contribution in [3.63, 3.8) is 0 Å². The maximum absolute atomic E-state index is 13.0. The molecular formula is C30H41N7O. The summed E-state index contributed by atoms with van der Waals surface area (Å²) >= 11 is 0. The average molecular weight is 516 g/mol. The number of hydrogen-bond donors (Lipinski definition) is 2. The van der Waals surface area contributed by atoms with Crippen molar-refractivity contribution in [2.75, 3.05) is 19.6 Å². The molecule has 4 heterocycles. The zero-order valence-electron chi connectivity index (χ0n) is 22.4. The van der Waals surface area contributed by atoms with Crippen LogP contribution in [-0.2, 0) is 31.0 Å². The van der Waals surface area contributed by atoms with Crippen LogP contribution in [0.2, 0.25) is 0 Å². The Morgan fingerprint density at radius 1 is 0.868 bits per heavy atom. The molecule has 2 saturated heterocycles. The van der Waals surface area contributed by atoms with Gasteiger partial charge in [-0.15, -0.1) is 0 Å². The molecule has 3 aliphatic rings. The van der Waals surface area contributed by atoms with E-state index >= 15 is 0 Å². The van der Waals surface area contributed by atoms with Gasteiger partial charge in [-0.1, -0.05) is 43.5 Å². The lowest BCUT2D eigenvalue weighted by atomic mass is 9.77. The normalized spacial score (nSPS) is 20.7. The fraction of sp³-hybridized carbons (Fsp3) is 0.567. The molecule has 1 amide bonds. The van der Waals surface area contributed by atoms with E-state index in [4.69, 9.17) is 0 Å². The lowest BCUT2D eigenvalue weighted by molar-refractivity contribution is -0.128. The Labute approximate surface area is 225 Å². The fourth-order valence-electron chi connectivity index (χ4n) is 6.86. The van der Waals surface area contributed by atoms with Crippen LogP contribution in [-0.4, -0.2) is 66.2 Å². The predicted molar refractivity (Wildman–Crippen MR) is 147 cm³/mol. The van der Waals surface area contributed by atoms with Gasteiger partial charge in [0.1, 0.15) is 11.6 Å². The number of likely N-dealkylation sites (tertiary alicyclic amines) is 2. The number of H-pyrrole nitrogens is 2. The number of rotatable bonds is 9. The van der Waals surface area contributed by atoms with Crippen molar-refractivity contribution in [1.82, 2.24) is 34.6 Å². The molecule has 1 aliphatic carbocycles.